The van der Waals surface area contributed by atoms with Crippen LogP contribution in [-0.2, 0) is 4.79 Å². The maximum Gasteiger partial charge on any atom is 0.275 e. The zero-order chi connectivity index (χ0) is 13.0. The lowest BCUT2D eigenvalue weighted by Gasteiger charge is -2.21. The van der Waals surface area contributed by atoms with Crippen LogP contribution in [0.1, 0.15) is 19.4 Å². The fourth-order valence-electron chi connectivity index (χ4n) is 1.41. The van der Waals surface area contributed by atoms with Crippen molar-refractivity contribution in [1.29, 1.82) is 0 Å². The lowest BCUT2D eigenvalue weighted by atomic mass is 10.1. The van der Waals surface area contributed by atoms with Gasteiger partial charge in [-0.15, -0.1) is 0 Å². The van der Waals surface area contributed by atoms with E-state index < -0.39 is 6.10 Å². The van der Waals surface area contributed by atoms with Gasteiger partial charge in [0.15, 0.2) is 6.10 Å². The van der Waals surface area contributed by atoms with E-state index >= 15 is 0 Å². The minimum Gasteiger partial charge on any atom is -0.479 e. The molecular formula is C12H17ClN2O2. The van der Waals surface area contributed by atoms with E-state index in [-0.39, 0.29) is 11.8 Å². The van der Waals surface area contributed by atoms with Gasteiger partial charge in [0.2, 0.25) is 0 Å². The number of amides is 1. The van der Waals surface area contributed by atoms with Crippen molar-refractivity contribution in [2.75, 3.05) is 0 Å². The number of aryl methyl sites for hydroxylation is 1. The Morgan fingerprint density at radius 1 is 1.47 bits per heavy atom. The largest absolute Gasteiger partial charge is 0.479 e. The SMILES string of the molecule is Cc1ccc(OC(C(=O)NN)C(C)C)c(Cl)c1. The zero-order valence-corrected chi connectivity index (χ0v) is 10.9. The zero-order valence-electron chi connectivity index (χ0n) is 10.2. The van der Waals surface area contributed by atoms with Gasteiger partial charge in [0.05, 0.1) is 5.02 Å². The highest BCUT2D eigenvalue weighted by Gasteiger charge is 2.24. The quantitative estimate of drug-likeness (QED) is 0.492. The average Bonchev–Trinajstić information content (AvgIpc) is 2.26. The van der Waals surface area contributed by atoms with E-state index in [2.05, 4.69) is 5.43 Å². The summed E-state index contributed by atoms with van der Waals surface area (Å²) in [6.45, 7) is 5.69. The molecule has 0 heterocycles. The van der Waals surface area contributed by atoms with Crippen LogP contribution in [0, 0.1) is 12.8 Å². The summed E-state index contributed by atoms with van der Waals surface area (Å²) in [5.74, 6) is 5.23. The minimum atomic E-state index is -0.653. The normalized spacial score (nSPS) is 12.4. The summed E-state index contributed by atoms with van der Waals surface area (Å²) in [5, 5.41) is 0.487. The van der Waals surface area contributed by atoms with Crippen LogP contribution in [0.2, 0.25) is 5.02 Å². The van der Waals surface area contributed by atoms with Gasteiger partial charge < -0.3 is 4.74 Å². The highest BCUT2D eigenvalue weighted by Crippen LogP contribution is 2.27. The van der Waals surface area contributed by atoms with Gasteiger partial charge in [-0.2, -0.15) is 0 Å². The van der Waals surface area contributed by atoms with Crippen molar-refractivity contribution >= 4 is 17.5 Å². The lowest BCUT2D eigenvalue weighted by Crippen LogP contribution is -2.44. The van der Waals surface area contributed by atoms with Crippen LogP contribution in [0.4, 0.5) is 0 Å². The van der Waals surface area contributed by atoms with Crippen LogP contribution in [0.25, 0.3) is 0 Å². The van der Waals surface area contributed by atoms with Crippen molar-refractivity contribution in [3.63, 3.8) is 0 Å². The molecule has 3 N–H and O–H groups in total. The number of nitrogens with one attached hydrogen (secondary N) is 1. The molecule has 0 radical (unpaired) electrons. The fourth-order valence-corrected chi connectivity index (χ4v) is 1.69. The first-order valence-electron chi connectivity index (χ1n) is 5.39. The van der Waals surface area contributed by atoms with Crippen LogP contribution in [0.15, 0.2) is 18.2 Å². The van der Waals surface area contributed by atoms with Crippen LogP contribution < -0.4 is 16.0 Å². The van der Waals surface area contributed by atoms with E-state index in [9.17, 15) is 4.79 Å². The Morgan fingerprint density at radius 2 is 2.12 bits per heavy atom. The second kappa shape index (κ2) is 5.89. The van der Waals surface area contributed by atoms with E-state index in [1.165, 1.54) is 0 Å². The van der Waals surface area contributed by atoms with Gasteiger partial charge in [-0.05, 0) is 30.5 Å². The predicted molar refractivity (Wildman–Crippen MR) is 67.8 cm³/mol. The number of nitrogens with two attached hydrogens (primary N) is 1. The van der Waals surface area contributed by atoms with Crippen molar-refractivity contribution in [3.05, 3.63) is 28.8 Å². The van der Waals surface area contributed by atoms with Gasteiger partial charge in [0, 0.05) is 0 Å². The molecule has 17 heavy (non-hydrogen) atoms. The van der Waals surface area contributed by atoms with Crippen LogP contribution in [-0.4, -0.2) is 12.0 Å². The summed E-state index contributed by atoms with van der Waals surface area (Å²) in [5.41, 5.74) is 3.12. The molecule has 0 fully saturated rings. The molecule has 0 aliphatic rings. The number of rotatable bonds is 4. The summed E-state index contributed by atoms with van der Waals surface area (Å²) in [6, 6.07) is 5.41. The van der Waals surface area contributed by atoms with Crippen molar-refractivity contribution in [2.24, 2.45) is 11.8 Å². The number of hydrogen-bond donors (Lipinski definition) is 2. The van der Waals surface area contributed by atoms with Gasteiger partial charge in [-0.3, -0.25) is 10.2 Å². The Kier molecular flexibility index (Phi) is 4.78. The Morgan fingerprint density at radius 3 is 2.59 bits per heavy atom. The van der Waals surface area contributed by atoms with Crippen molar-refractivity contribution < 1.29 is 9.53 Å². The molecule has 94 valence electrons. The first-order valence-corrected chi connectivity index (χ1v) is 5.76. The average molecular weight is 257 g/mol. The Labute approximate surface area is 106 Å². The summed E-state index contributed by atoms with van der Waals surface area (Å²) >= 11 is 6.04. The topological polar surface area (TPSA) is 64.3 Å². The smallest absolute Gasteiger partial charge is 0.275 e. The molecule has 1 unspecified atom stereocenters. The Hall–Kier alpha value is -1.26. The molecule has 1 aromatic rings. The molecule has 0 saturated carbocycles. The summed E-state index contributed by atoms with van der Waals surface area (Å²) in [7, 11) is 0. The standard InChI is InChI=1S/C12H17ClN2O2/c1-7(2)11(12(16)15-14)17-10-5-4-8(3)6-9(10)13/h4-7,11H,14H2,1-3H3,(H,15,16). The predicted octanol–water partition coefficient (Wildman–Crippen LogP) is 2.04. The number of carbonyl (C=O) groups excluding carboxylic acids is 1. The third-order valence-corrected chi connectivity index (χ3v) is 2.64. The van der Waals surface area contributed by atoms with Crippen molar-refractivity contribution in [1.82, 2.24) is 5.43 Å². The molecule has 1 atom stereocenters. The third-order valence-electron chi connectivity index (χ3n) is 2.35. The maximum absolute atomic E-state index is 11.5. The number of hydrazine groups is 1. The highest BCUT2D eigenvalue weighted by molar-refractivity contribution is 6.32. The minimum absolute atomic E-state index is 0.00378. The number of hydrogen-bond acceptors (Lipinski definition) is 3. The van der Waals surface area contributed by atoms with Gasteiger partial charge in [-0.1, -0.05) is 31.5 Å². The highest BCUT2D eigenvalue weighted by atomic mass is 35.5. The summed E-state index contributed by atoms with van der Waals surface area (Å²) in [6.07, 6.45) is -0.653. The van der Waals surface area contributed by atoms with Crippen LogP contribution in [0.3, 0.4) is 0 Å². The van der Waals surface area contributed by atoms with Crippen molar-refractivity contribution in [3.8, 4) is 5.75 Å². The van der Waals surface area contributed by atoms with Crippen LogP contribution >= 0.6 is 11.6 Å². The lowest BCUT2D eigenvalue weighted by molar-refractivity contribution is -0.129. The monoisotopic (exact) mass is 256 g/mol. The van der Waals surface area contributed by atoms with Gasteiger partial charge in [0.25, 0.3) is 5.91 Å². The molecule has 1 amide bonds. The summed E-state index contributed by atoms with van der Waals surface area (Å²) < 4.78 is 5.59. The second-order valence-corrected chi connectivity index (χ2v) is 4.63. The molecule has 0 aliphatic carbocycles. The molecule has 0 saturated heterocycles. The summed E-state index contributed by atoms with van der Waals surface area (Å²) in [4.78, 5) is 11.5. The first kappa shape index (κ1) is 13.8. The molecule has 0 aliphatic heterocycles. The number of benzene rings is 1. The Balaban J connectivity index is 2.90. The van der Waals surface area contributed by atoms with E-state index in [0.717, 1.165) is 5.56 Å². The van der Waals surface area contributed by atoms with E-state index in [1.54, 1.807) is 12.1 Å². The molecule has 1 rings (SSSR count). The molecule has 1 aromatic carbocycles. The third kappa shape index (κ3) is 3.61. The molecule has 0 aromatic heterocycles. The molecular weight excluding hydrogens is 240 g/mol. The van der Waals surface area contributed by atoms with E-state index in [0.29, 0.717) is 10.8 Å². The van der Waals surface area contributed by atoms with Gasteiger partial charge >= 0.3 is 0 Å². The number of ether oxygens (including phenoxy) is 1. The van der Waals surface area contributed by atoms with Crippen LogP contribution in [0.5, 0.6) is 5.75 Å². The van der Waals surface area contributed by atoms with E-state index in [4.69, 9.17) is 22.2 Å². The van der Waals surface area contributed by atoms with E-state index in [1.807, 2.05) is 26.8 Å². The maximum atomic E-state index is 11.5. The molecule has 0 bridgehead atoms. The Bertz CT molecular complexity index is 407. The van der Waals surface area contributed by atoms with Gasteiger partial charge in [-0.25, -0.2) is 5.84 Å². The first-order chi connectivity index (χ1) is 7.95. The van der Waals surface area contributed by atoms with Gasteiger partial charge in [0.1, 0.15) is 5.75 Å². The van der Waals surface area contributed by atoms with Crippen molar-refractivity contribution in [2.45, 2.75) is 26.9 Å². The molecule has 0 spiro atoms. The second-order valence-electron chi connectivity index (χ2n) is 4.22. The number of halogens is 1. The molecule has 4 nitrogen and oxygen atoms in total. The number of carbonyl (C=O) groups is 1. The molecule has 5 heteroatoms. The fraction of sp³-hybridized carbons (Fsp3) is 0.417.